The van der Waals surface area contributed by atoms with Crippen LogP contribution >= 0.6 is 34.7 Å². The van der Waals surface area contributed by atoms with Crippen molar-refractivity contribution in [3.63, 3.8) is 0 Å². The zero-order chi connectivity index (χ0) is 31.7. The first-order valence-electron chi connectivity index (χ1n) is 14.7. The minimum Gasteiger partial charge on any atom is -0.507 e. The number of carbonyl (C=O) groups excluding carboxylic acids is 2. The van der Waals surface area contributed by atoms with Crippen molar-refractivity contribution in [1.29, 1.82) is 0 Å². The normalized spacial score (nSPS) is 18.8. The van der Waals surface area contributed by atoms with Crippen LogP contribution in [0.15, 0.2) is 76.6 Å². The van der Waals surface area contributed by atoms with E-state index in [2.05, 4.69) is 24.0 Å². The SMILES string of the molecule is CC(C)CCOc1cccc([C@H]2C(=C(O)c3ccc4c(c3)C[C@@H](C)O4)C(=O)C(=O)N2c2nnc(SCc3ccccc3Cl)s2)c1. The molecule has 1 aromatic heterocycles. The fourth-order valence-electron chi connectivity index (χ4n) is 5.37. The van der Waals surface area contributed by atoms with E-state index in [1.165, 1.54) is 28.0 Å². The van der Waals surface area contributed by atoms with E-state index in [1.54, 1.807) is 12.1 Å². The van der Waals surface area contributed by atoms with Gasteiger partial charge in [-0.15, -0.1) is 10.2 Å². The summed E-state index contributed by atoms with van der Waals surface area (Å²) in [7, 11) is 0. The Balaban J connectivity index is 1.38. The number of hydrogen-bond acceptors (Lipinski definition) is 9. The Morgan fingerprint density at radius 2 is 1.96 bits per heavy atom. The number of rotatable bonds is 10. The summed E-state index contributed by atoms with van der Waals surface area (Å²) in [6, 6.07) is 19.2. The molecule has 6 rings (SSSR count). The molecule has 1 amide bonds. The van der Waals surface area contributed by atoms with E-state index in [-0.39, 0.29) is 22.6 Å². The zero-order valence-corrected chi connectivity index (χ0v) is 27.4. The molecule has 2 aliphatic heterocycles. The number of fused-ring (bicyclic) bond motifs is 1. The Bertz CT molecular complexity index is 1790. The van der Waals surface area contributed by atoms with Gasteiger partial charge >= 0.3 is 5.91 Å². The Kier molecular flexibility index (Phi) is 9.16. The number of ether oxygens (including phenoxy) is 2. The molecule has 8 nitrogen and oxygen atoms in total. The maximum atomic E-state index is 13.7. The predicted octanol–water partition coefficient (Wildman–Crippen LogP) is 7.86. The van der Waals surface area contributed by atoms with Crippen molar-refractivity contribution in [3.8, 4) is 11.5 Å². The van der Waals surface area contributed by atoms with Crippen LogP contribution in [0.3, 0.4) is 0 Å². The van der Waals surface area contributed by atoms with E-state index in [9.17, 15) is 14.7 Å². The maximum Gasteiger partial charge on any atom is 0.301 e. The molecule has 11 heteroatoms. The Morgan fingerprint density at radius 3 is 2.76 bits per heavy atom. The van der Waals surface area contributed by atoms with E-state index in [1.807, 2.05) is 61.5 Å². The van der Waals surface area contributed by atoms with Crippen molar-refractivity contribution in [3.05, 3.63) is 99.6 Å². The summed E-state index contributed by atoms with van der Waals surface area (Å²) < 4.78 is 12.5. The second-order valence-electron chi connectivity index (χ2n) is 11.5. The number of aliphatic hydroxyl groups excluding tert-OH is 1. The Labute approximate surface area is 275 Å². The Hall–Kier alpha value is -3.86. The van der Waals surface area contributed by atoms with Crippen molar-refractivity contribution in [2.75, 3.05) is 11.5 Å². The van der Waals surface area contributed by atoms with E-state index in [0.717, 1.165) is 23.3 Å². The van der Waals surface area contributed by atoms with Gasteiger partial charge in [-0.1, -0.05) is 78.9 Å². The Morgan fingerprint density at radius 1 is 1.13 bits per heavy atom. The van der Waals surface area contributed by atoms with Crippen LogP contribution in [0.5, 0.6) is 11.5 Å². The number of aromatic nitrogens is 2. The number of amides is 1. The molecule has 0 unspecified atom stereocenters. The smallest absolute Gasteiger partial charge is 0.301 e. The second-order valence-corrected chi connectivity index (χ2v) is 14.0. The number of hydrogen-bond donors (Lipinski definition) is 1. The molecule has 3 heterocycles. The lowest BCUT2D eigenvalue weighted by molar-refractivity contribution is -0.132. The highest BCUT2D eigenvalue weighted by molar-refractivity contribution is 8.00. The van der Waals surface area contributed by atoms with E-state index >= 15 is 0 Å². The molecular weight excluding hydrogens is 630 g/mol. The topological polar surface area (TPSA) is 102 Å². The molecule has 0 saturated carbocycles. The lowest BCUT2D eigenvalue weighted by Crippen LogP contribution is -2.29. The standard InChI is InChI=1S/C34H32ClN3O5S2/c1-19(2)13-14-42-25-9-6-8-21(17-25)29-28(30(39)22-11-12-27-24(16-22)15-20(3)43-27)31(40)32(41)38(29)33-36-37-34(45-33)44-18-23-7-4-5-10-26(23)35/h4-12,16-17,19-20,29,39H,13-15,18H2,1-3H3/t20-,29+/m1/s1. The van der Waals surface area contributed by atoms with Crippen LogP contribution in [0.25, 0.3) is 5.76 Å². The number of anilines is 1. The van der Waals surface area contributed by atoms with Crippen LogP contribution in [0.1, 0.15) is 55.5 Å². The fourth-order valence-corrected chi connectivity index (χ4v) is 7.52. The number of ketones is 1. The molecule has 1 saturated heterocycles. The van der Waals surface area contributed by atoms with Gasteiger partial charge in [-0.05, 0) is 72.4 Å². The number of thioether (sulfide) groups is 1. The van der Waals surface area contributed by atoms with Crippen LogP contribution in [-0.2, 0) is 21.8 Å². The highest BCUT2D eigenvalue weighted by Gasteiger charge is 2.48. The molecule has 232 valence electrons. The van der Waals surface area contributed by atoms with Crippen molar-refractivity contribution in [2.24, 2.45) is 5.92 Å². The minimum absolute atomic E-state index is 0.0174. The van der Waals surface area contributed by atoms with Gasteiger partial charge in [-0.2, -0.15) is 0 Å². The van der Waals surface area contributed by atoms with Gasteiger partial charge in [-0.3, -0.25) is 14.5 Å². The second kappa shape index (κ2) is 13.2. The molecule has 45 heavy (non-hydrogen) atoms. The van der Waals surface area contributed by atoms with Gasteiger partial charge in [-0.25, -0.2) is 0 Å². The summed E-state index contributed by atoms with van der Waals surface area (Å²) in [5.74, 6) is 0.551. The maximum absolute atomic E-state index is 13.7. The first-order chi connectivity index (χ1) is 21.7. The van der Waals surface area contributed by atoms with Crippen LogP contribution in [-0.4, -0.2) is 39.7 Å². The van der Waals surface area contributed by atoms with Gasteiger partial charge in [0.1, 0.15) is 23.4 Å². The molecule has 0 bridgehead atoms. The van der Waals surface area contributed by atoms with E-state index < -0.39 is 17.7 Å². The molecule has 3 aromatic carbocycles. The molecule has 0 aliphatic carbocycles. The van der Waals surface area contributed by atoms with Gasteiger partial charge in [0.25, 0.3) is 5.78 Å². The minimum atomic E-state index is -0.948. The molecule has 1 fully saturated rings. The van der Waals surface area contributed by atoms with Crippen LogP contribution in [0, 0.1) is 5.92 Å². The van der Waals surface area contributed by atoms with Crippen molar-refractivity contribution in [2.45, 2.75) is 55.9 Å². The number of nitrogens with zero attached hydrogens (tertiary/aromatic N) is 3. The van der Waals surface area contributed by atoms with Gasteiger partial charge in [0.15, 0.2) is 4.34 Å². The summed E-state index contributed by atoms with van der Waals surface area (Å²) in [4.78, 5) is 28.8. The summed E-state index contributed by atoms with van der Waals surface area (Å²) in [5.41, 5.74) is 2.90. The number of Topliss-reactive ketones (excluding diaryl/α,β-unsaturated/α-hetero) is 1. The average Bonchev–Trinajstić information content (AvgIpc) is 3.71. The van der Waals surface area contributed by atoms with E-state index in [4.69, 9.17) is 21.1 Å². The number of benzene rings is 3. The number of carbonyl (C=O) groups is 2. The number of aliphatic hydroxyl groups is 1. The molecule has 4 aromatic rings. The van der Waals surface area contributed by atoms with Crippen LogP contribution in [0.2, 0.25) is 5.02 Å². The zero-order valence-electron chi connectivity index (χ0n) is 25.0. The average molecular weight is 662 g/mol. The quantitative estimate of drug-likeness (QED) is 0.0603. The van der Waals surface area contributed by atoms with Crippen LogP contribution < -0.4 is 14.4 Å². The molecule has 2 aliphatic rings. The number of halogens is 1. The molecule has 0 spiro atoms. The van der Waals surface area contributed by atoms with Gasteiger partial charge in [0, 0.05) is 22.8 Å². The summed E-state index contributed by atoms with van der Waals surface area (Å²) in [6.45, 7) is 6.76. The fraction of sp³-hybridized carbons (Fsp3) is 0.294. The third-order valence-corrected chi connectivity index (χ3v) is 10.1. The van der Waals surface area contributed by atoms with Crippen molar-refractivity contribution in [1.82, 2.24) is 10.2 Å². The van der Waals surface area contributed by atoms with Gasteiger partial charge < -0.3 is 14.6 Å². The molecular formula is C34H32ClN3O5S2. The molecule has 2 atom stereocenters. The van der Waals surface area contributed by atoms with Gasteiger partial charge in [0.2, 0.25) is 5.13 Å². The van der Waals surface area contributed by atoms with Crippen molar-refractivity contribution >= 4 is 57.3 Å². The van der Waals surface area contributed by atoms with Crippen molar-refractivity contribution < 1.29 is 24.2 Å². The lowest BCUT2D eigenvalue weighted by atomic mass is 9.94. The van der Waals surface area contributed by atoms with Gasteiger partial charge in [0.05, 0.1) is 18.2 Å². The third-order valence-electron chi connectivity index (χ3n) is 7.66. The monoisotopic (exact) mass is 661 g/mol. The highest BCUT2D eigenvalue weighted by Crippen LogP contribution is 2.45. The largest absolute Gasteiger partial charge is 0.507 e. The summed E-state index contributed by atoms with van der Waals surface area (Å²) >= 11 is 8.98. The van der Waals surface area contributed by atoms with Crippen LogP contribution in [0.4, 0.5) is 5.13 Å². The molecule has 1 N–H and O–H groups in total. The van der Waals surface area contributed by atoms with E-state index in [0.29, 0.717) is 50.9 Å². The molecule has 0 radical (unpaired) electrons. The third kappa shape index (κ3) is 6.59. The highest BCUT2D eigenvalue weighted by atomic mass is 35.5. The summed E-state index contributed by atoms with van der Waals surface area (Å²) in [5, 5.41) is 21.2. The lowest BCUT2D eigenvalue weighted by Gasteiger charge is -2.23. The first kappa shape index (κ1) is 31.1. The summed E-state index contributed by atoms with van der Waals surface area (Å²) in [6.07, 6.45) is 1.58. The predicted molar refractivity (Wildman–Crippen MR) is 177 cm³/mol. The first-order valence-corrected chi connectivity index (χ1v) is 16.9.